The van der Waals surface area contributed by atoms with E-state index in [-0.39, 0.29) is 5.92 Å². The first kappa shape index (κ1) is 12.3. The fraction of sp³-hybridized carbons (Fsp3) is 0.438. The van der Waals surface area contributed by atoms with Gasteiger partial charge in [0, 0.05) is 23.5 Å². The summed E-state index contributed by atoms with van der Waals surface area (Å²) in [7, 11) is 0. The van der Waals surface area contributed by atoms with Gasteiger partial charge in [0.1, 0.15) is 11.3 Å². The highest BCUT2D eigenvalue weighted by molar-refractivity contribution is 5.82. The number of nitriles is 1. The van der Waals surface area contributed by atoms with Crippen LogP contribution in [0.25, 0.3) is 11.0 Å². The van der Waals surface area contributed by atoms with E-state index < -0.39 is 0 Å². The van der Waals surface area contributed by atoms with E-state index in [0.29, 0.717) is 6.04 Å². The third-order valence-corrected chi connectivity index (χ3v) is 4.12. The van der Waals surface area contributed by atoms with Gasteiger partial charge in [-0.15, -0.1) is 0 Å². The molecule has 0 bridgehead atoms. The van der Waals surface area contributed by atoms with Gasteiger partial charge in [-0.1, -0.05) is 24.6 Å². The molecule has 1 aliphatic carbocycles. The molecule has 1 heterocycles. The molecule has 3 heteroatoms. The van der Waals surface area contributed by atoms with Crippen LogP contribution < -0.4 is 5.32 Å². The molecule has 2 unspecified atom stereocenters. The van der Waals surface area contributed by atoms with Gasteiger partial charge < -0.3 is 9.73 Å². The maximum absolute atomic E-state index is 9.11. The van der Waals surface area contributed by atoms with Crippen LogP contribution in [0.15, 0.2) is 28.7 Å². The van der Waals surface area contributed by atoms with Crippen LogP contribution in [0.2, 0.25) is 0 Å². The Bertz CT molecular complexity index is 623. The lowest BCUT2D eigenvalue weighted by atomic mass is 10.0. The standard InChI is InChI=1S/C16H18N2O/c1-11-14(13-6-2-3-8-16(13)19-11)10-18-15-7-4-5-12(15)9-17/h2-3,6,8,12,15,18H,4-5,7,10H2,1H3. The molecule has 1 fully saturated rings. The second kappa shape index (κ2) is 5.07. The minimum atomic E-state index is 0.165. The summed E-state index contributed by atoms with van der Waals surface area (Å²) in [5.41, 5.74) is 2.17. The minimum Gasteiger partial charge on any atom is -0.461 e. The van der Waals surface area contributed by atoms with Crippen molar-refractivity contribution in [2.24, 2.45) is 5.92 Å². The van der Waals surface area contributed by atoms with Crippen LogP contribution >= 0.6 is 0 Å². The molecule has 0 spiro atoms. The van der Waals surface area contributed by atoms with Crippen LogP contribution in [0.3, 0.4) is 0 Å². The van der Waals surface area contributed by atoms with E-state index in [4.69, 9.17) is 9.68 Å². The Hall–Kier alpha value is -1.79. The van der Waals surface area contributed by atoms with E-state index in [1.54, 1.807) is 0 Å². The summed E-state index contributed by atoms with van der Waals surface area (Å²) >= 11 is 0. The average molecular weight is 254 g/mol. The summed E-state index contributed by atoms with van der Waals surface area (Å²) < 4.78 is 5.76. The van der Waals surface area contributed by atoms with Gasteiger partial charge in [-0.3, -0.25) is 0 Å². The average Bonchev–Trinajstić information content (AvgIpc) is 2.99. The Morgan fingerprint density at radius 3 is 3.05 bits per heavy atom. The Balaban J connectivity index is 1.79. The molecule has 1 saturated carbocycles. The van der Waals surface area contributed by atoms with Crippen molar-refractivity contribution in [3.05, 3.63) is 35.6 Å². The van der Waals surface area contributed by atoms with E-state index in [9.17, 15) is 0 Å². The van der Waals surface area contributed by atoms with E-state index in [0.717, 1.165) is 37.2 Å². The molecule has 1 aromatic heterocycles. The van der Waals surface area contributed by atoms with Gasteiger partial charge >= 0.3 is 0 Å². The molecule has 3 nitrogen and oxygen atoms in total. The van der Waals surface area contributed by atoms with Crippen molar-refractivity contribution in [3.63, 3.8) is 0 Å². The summed E-state index contributed by atoms with van der Waals surface area (Å²) in [6.45, 7) is 2.79. The zero-order valence-corrected chi connectivity index (χ0v) is 11.1. The molecular weight excluding hydrogens is 236 g/mol. The number of hydrogen-bond donors (Lipinski definition) is 1. The number of furan rings is 1. The van der Waals surface area contributed by atoms with E-state index in [1.807, 2.05) is 25.1 Å². The highest BCUT2D eigenvalue weighted by Gasteiger charge is 2.26. The topological polar surface area (TPSA) is 49.0 Å². The lowest BCUT2D eigenvalue weighted by Gasteiger charge is -2.15. The monoisotopic (exact) mass is 254 g/mol. The molecule has 0 radical (unpaired) electrons. The highest BCUT2D eigenvalue weighted by Crippen LogP contribution is 2.28. The zero-order valence-electron chi connectivity index (χ0n) is 11.1. The maximum Gasteiger partial charge on any atom is 0.134 e. The Morgan fingerprint density at radius 2 is 2.21 bits per heavy atom. The number of fused-ring (bicyclic) bond motifs is 1. The number of hydrogen-bond acceptors (Lipinski definition) is 3. The van der Waals surface area contributed by atoms with E-state index in [1.165, 1.54) is 10.9 Å². The van der Waals surface area contributed by atoms with Crippen LogP contribution in [0.5, 0.6) is 0 Å². The summed E-state index contributed by atoms with van der Waals surface area (Å²) in [5, 5.41) is 13.8. The Labute approximate surface area is 113 Å². The number of para-hydroxylation sites is 1. The predicted molar refractivity (Wildman–Crippen MR) is 74.5 cm³/mol. The highest BCUT2D eigenvalue weighted by atomic mass is 16.3. The SMILES string of the molecule is Cc1oc2ccccc2c1CNC1CCCC1C#N. The summed E-state index contributed by atoms with van der Waals surface area (Å²) in [6, 6.07) is 10.9. The lowest BCUT2D eigenvalue weighted by Crippen LogP contribution is -2.31. The largest absolute Gasteiger partial charge is 0.461 e. The molecule has 1 aliphatic rings. The first-order chi connectivity index (χ1) is 9.29. The predicted octanol–water partition coefficient (Wildman–Crippen LogP) is 3.52. The molecule has 2 atom stereocenters. The molecule has 2 aromatic rings. The number of aryl methyl sites for hydroxylation is 1. The van der Waals surface area contributed by atoms with Gasteiger partial charge in [0.05, 0.1) is 12.0 Å². The minimum absolute atomic E-state index is 0.165. The first-order valence-electron chi connectivity index (χ1n) is 6.89. The van der Waals surface area contributed by atoms with Crippen molar-refractivity contribution in [1.29, 1.82) is 5.26 Å². The van der Waals surface area contributed by atoms with Crippen LogP contribution in [-0.4, -0.2) is 6.04 Å². The second-order valence-corrected chi connectivity index (χ2v) is 5.29. The summed E-state index contributed by atoms with van der Waals surface area (Å²) in [5.74, 6) is 1.14. The lowest BCUT2D eigenvalue weighted by molar-refractivity contribution is 0.461. The van der Waals surface area contributed by atoms with Crippen molar-refractivity contribution in [1.82, 2.24) is 5.32 Å². The molecular formula is C16H18N2O. The third kappa shape index (κ3) is 2.24. The number of nitrogens with zero attached hydrogens (tertiary/aromatic N) is 1. The van der Waals surface area contributed by atoms with Gasteiger partial charge in [0.2, 0.25) is 0 Å². The molecule has 19 heavy (non-hydrogen) atoms. The van der Waals surface area contributed by atoms with E-state index >= 15 is 0 Å². The quantitative estimate of drug-likeness (QED) is 0.911. The van der Waals surface area contributed by atoms with Crippen molar-refractivity contribution in [2.45, 2.75) is 38.8 Å². The van der Waals surface area contributed by atoms with Crippen molar-refractivity contribution in [2.75, 3.05) is 0 Å². The third-order valence-electron chi connectivity index (χ3n) is 4.12. The normalized spacial score (nSPS) is 22.7. The van der Waals surface area contributed by atoms with Crippen LogP contribution in [0.1, 0.15) is 30.6 Å². The van der Waals surface area contributed by atoms with Gasteiger partial charge in [-0.2, -0.15) is 5.26 Å². The number of benzene rings is 1. The van der Waals surface area contributed by atoms with Crippen LogP contribution in [-0.2, 0) is 6.54 Å². The number of nitrogens with one attached hydrogen (secondary N) is 1. The molecule has 1 N–H and O–H groups in total. The summed E-state index contributed by atoms with van der Waals surface area (Å²) in [4.78, 5) is 0. The van der Waals surface area contributed by atoms with Gasteiger partial charge in [0.25, 0.3) is 0 Å². The van der Waals surface area contributed by atoms with Crippen molar-refractivity contribution < 1.29 is 4.42 Å². The van der Waals surface area contributed by atoms with Crippen LogP contribution in [0.4, 0.5) is 0 Å². The first-order valence-corrected chi connectivity index (χ1v) is 6.89. The fourth-order valence-electron chi connectivity index (χ4n) is 3.03. The van der Waals surface area contributed by atoms with E-state index in [2.05, 4.69) is 17.5 Å². The summed E-state index contributed by atoms with van der Waals surface area (Å²) in [6.07, 6.45) is 3.29. The molecule has 1 aromatic carbocycles. The van der Waals surface area contributed by atoms with Crippen molar-refractivity contribution >= 4 is 11.0 Å². The molecule has 0 amide bonds. The molecule has 0 aliphatic heterocycles. The smallest absolute Gasteiger partial charge is 0.134 e. The molecule has 0 saturated heterocycles. The second-order valence-electron chi connectivity index (χ2n) is 5.29. The zero-order chi connectivity index (χ0) is 13.2. The Morgan fingerprint density at radius 1 is 1.37 bits per heavy atom. The maximum atomic E-state index is 9.11. The molecule has 98 valence electrons. The van der Waals surface area contributed by atoms with Crippen molar-refractivity contribution in [3.8, 4) is 6.07 Å². The Kier molecular flexibility index (Phi) is 3.27. The fourth-order valence-corrected chi connectivity index (χ4v) is 3.03. The van der Waals surface area contributed by atoms with Gasteiger partial charge in [0.15, 0.2) is 0 Å². The molecule has 3 rings (SSSR count). The van der Waals surface area contributed by atoms with Crippen LogP contribution in [0, 0.1) is 24.2 Å². The van der Waals surface area contributed by atoms with Gasteiger partial charge in [-0.05, 0) is 25.8 Å². The van der Waals surface area contributed by atoms with Gasteiger partial charge in [-0.25, -0.2) is 0 Å². The number of rotatable bonds is 3.